The maximum Gasteiger partial charge on any atom is 0.224 e. The van der Waals surface area contributed by atoms with E-state index in [2.05, 4.69) is 39.4 Å². The van der Waals surface area contributed by atoms with Crippen molar-refractivity contribution in [1.82, 2.24) is 10.2 Å². The summed E-state index contributed by atoms with van der Waals surface area (Å²) >= 11 is 0. The largest absolute Gasteiger partial charge is 0.378 e. The molecule has 1 aromatic carbocycles. The van der Waals surface area contributed by atoms with E-state index in [1.165, 1.54) is 44.3 Å². The second-order valence-corrected chi connectivity index (χ2v) is 7.58. The van der Waals surface area contributed by atoms with Crippen LogP contribution in [0.2, 0.25) is 0 Å². The Balaban J connectivity index is 1.48. The van der Waals surface area contributed by atoms with E-state index in [-0.39, 0.29) is 5.91 Å². The van der Waals surface area contributed by atoms with E-state index in [4.69, 9.17) is 0 Å². The molecule has 1 N–H and O–H groups in total. The summed E-state index contributed by atoms with van der Waals surface area (Å²) in [5.74, 6) is 0.158. The van der Waals surface area contributed by atoms with Crippen molar-refractivity contribution in [2.24, 2.45) is 0 Å². The van der Waals surface area contributed by atoms with Gasteiger partial charge in [-0.05, 0) is 49.9 Å². The molecule has 3 rings (SSSR count). The van der Waals surface area contributed by atoms with Crippen molar-refractivity contribution in [3.8, 4) is 0 Å². The molecule has 0 aromatic heterocycles. The number of piperidine rings is 1. The minimum atomic E-state index is 0.158. The summed E-state index contributed by atoms with van der Waals surface area (Å²) in [6.07, 6.45) is 8.25. The van der Waals surface area contributed by atoms with Crippen molar-refractivity contribution < 1.29 is 4.79 Å². The highest BCUT2D eigenvalue weighted by Gasteiger charge is 2.28. The highest BCUT2D eigenvalue weighted by atomic mass is 16.1. The van der Waals surface area contributed by atoms with Gasteiger partial charge < -0.3 is 10.2 Å². The van der Waals surface area contributed by atoms with Crippen LogP contribution in [0.4, 0.5) is 5.69 Å². The molecule has 1 saturated heterocycles. The van der Waals surface area contributed by atoms with Crippen molar-refractivity contribution in [3.05, 3.63) is 29.8 Å². The SMILES string of the molecule is CN(C)c1ccc(CC(=O)N[C@@H]2CCCN(C3CCCC3)C2)cc1. The second kappa shape index (κ2) is 8.02. The van der Waals surface area contributed by atoms with Crippen LogP contribution < -0.4 is 10.2 Å². The van der Waals surface area contributed by atoms with Crippen molar-refractivity contribution >= 4 is 11.6 Å². The van der Waals surface area contributed by atoms with Crippen LogP contribution in [0.1, 0.15) is 44.1 Å². The maximum atomic E-state index is 12.4. The van der Waals surface area contributed by atoms with Crippen LogP contribution in [0.3, 0.4) is 0 Å². The van der Waals surface area contributed by atoms with Crippen molar-refractivity contribution in [2.75, 3.05) is 32.1 Å². The number of nitrogens with one attached hydrogen (secondary N) is 1. The van der Waals surface area contributed by atoms with Crippen LogP contribution >= 0.6 is 0 Å². The molecule has 132 valence electrons. The molecule has 2 aliphatic rings. The Labute approximate surface area is 146 Å². The lowest BCUT2D eigenvalue weighted by molar-refractivity contribution is -0.121. The first-order valence-electron chi connectivity index (χ1n) is 9.41. The number of amides is 1. The number of carbonyl (C=O) groups excluding carboxylic acids is 1. The van der Waals surface area contributed by atoms with E-state index in [1.807, 2.05) is 14.1 Å². The zero-order chi connectivity index (χ0) is 16.9. The predicted octanol–water partition coefficient (Wildman–Crippen LogP) is 2.82. The van der Waals surface area contributed by atoms with Gasteiger partial charge in [0.25, 0.3) is 0 Å². The molecule has 0 spiro atoms. The van der Waals surface area contributed by atoms with Gasteiger partial charge >= 0.3 is 0 Å². The normalized spacial score (nSPS) is 22.5. The summed E-state index contributed by atoms with van der Waals surface area (Å²) in [6, 6.07) is 9.35. The fraction of sp³-hybridized carbons (Fsp3) is 0.650. The van der Waals surface area contributed by atoms with E-state index in [1.54, 1.807) is 0 Å². The number of carbonyl (C=O) groups is 1. The van der Waals surface area contributed by atoms with E-state index >= 15 is 0 Å². The molecule has 0 bridgehead atoms. The Kier molecular flexibility index (Phi) is 5.77. The fourth-order valence-electron chi connectivity index (χ4n) is 4.10. The minimum Gasteiger partial charge on any atom is -0.378 e. The van der Waals surface area contributed by atoms with E-state index in [9.17, 15) is 4.79 Å². The van der Waals surface area contributed by atoms with Gasteiger partial charge in [0.2, 0.25) is 5.91 Å². The van der Waals surface area contributed by atoms with Crippen molar-refractivity contribution in [3.63, 3.8) is 0 Å². The first-order valence-corrected chi connectivity index (χ1v) is 9.41. The van der Waals surface area contributed by atoms with Gasteiger partial charge in [-0.15, -0.1) is 0 Å². The number of hydrogen-bond donors (Lipinski definition) is 1. The van der Waals surface area contributed by atoms with E-state index < -0.39 is 0 Å². The smallest absolute Gasteiger partial charge is 0.224 e. The van der Waals surface area contributed by atoms with Crippen LogP contribution in [0.15, 0.2) is 24.3 Å². The molecule has 0 unspecified atom stereocenters. The molecule has 1 atom stereocenters. The first-order chi connectivity index (χ1) is 11.6. The third kappa shape index (κ3) is 4.50. The van der Waals surface area contributed by atoms with Gasteiger partial charge in [0.15, 0.2) is 0 Å². The van der Waals surface area contributed by atoms with E-state index in [0.717, 1.165) is 24.6 Å². The molecule has 1 aliphatic carbocycles. The Morgan fingerprint density at radius 3 is 2.50 bits per heavy atom. The molecular formula is C20H31N3O. The highest BCUT2D eigenvalue weighted by Crippen LogP contribution is 2.26. The predicted molar refractivity (Wildman–Crippen MR) is 99.5 cm³/mol. The lowest BCUT2D eigenvalue weighted by Crippen LogP contribution is -2.50. The average molecular weight is 329 g/mol. The van der Waals surface area contributed by atoms with E-state index in [0.29, 0.717) is 12.5 Å². The number of benzene rings is 1. The molecule has 1 saturated carbocycles. The molecule has 1 aromatic rings. The zero-order valence-corrected chi connectivity index (χ0v) is 15.1. The molecule has 1 heterocycles. The standard InChI is InChI=1S/C20H31N3O/c1-22(2)18-11-9-16(10-12-18)14-20(24)21-17-6-5-13-23(15-17)19-7-3-4-8-19/h9-12,17,19H,3-8,13-15H2,1-2H3,(H,21,24)/t17-/m1/s1. The van der Waals surface area contributed by atoms with Crippen LogP contribution in [0.5, 0.6) is 0 Å². The third-order valence-corrected chi connectivity index (χ3v) is 5.48. The molecule has 4 nitrogen and oxygen atoms in total. The first kappa shape index (κ1) is 17.3. The number of likely N-dealkylation sites (tertiary alicyclic amines) is 1. The summed E-state index contributed by atoms with van der Waals surface area (Å²) in [5.41, 5.74) is 2.25. The van der Waals surface area contributed by atoms with Gasteiger partial charge in [0, 0.05) is 38.4 Å². The summed E-state index contributed by atoms with van der Waals surface area (Å²) in [7, 11) is 4.06. The lowest BCUT2D eigenvalue weighted by atomic mass is 10.0. The summed E-state index contributed by atoms with van der Waals surface area (Å²) in [5, 5.41) is 3.27. The summed E-state index contributed by atoms with van der Waals surface area (Å²) in [6.45, 7) is 2.25. The quantitative estimate of drug-likeness (QED) is 0.902. The molecular weight excluding hydrogens is 298 g/mol. The number of nitrogens with zero attached hydrogens (tertiary/aromatic N) is 2. The monoisotopic (exact) mass is 329 g/mol. The molecule has 0 radical (unpaired) electrons. The summed E-state index contributed by atoms with van der Waals surface area (Å²) < 4.78 is 0. The minimum absolute atomic E-state index is 0.158. The third-order valence-electron chi connectivity index (χ3n) is 5.48. The Hall–Kier alpha value is -1.55. The molecule has 1 aliphatic heterocycles. The average Bonchev–Trinajstić information content (AvgIpc) is 3.10. The van der Waals surface area contributed by atoms with Crippen LogP contribution in [-0.4, -0.2) is 50.1 Å². The molecule has 24 heavy (non-hydrogen) atoms. The Morgan fingerprint density at radius 1 is 1.12 bits per heavy atom. The van der Waals surface area contributed by atoms with Crippen LogP contribution in [0.25, 0.3) is 0 Å². The van der Waals surface area contributed by atoms with Gasteiger partial charge in [-0.2, -0.15) is 0 Å². The van der Waals surface area contributed by atoms with Gasteiger partial charge in [-0.25, -0.2) is 0 Å². The van der Waals surface area contributed by atoms with Gasteiger partial charge in [0.1, 0.15) is 0 Å². The Morgan fingerprint density at radius 2 is 1.83 bits per heavy atom. The topological polar surface area (TPSA) is 35.6 Å². The lowest BCUT2D eigenvalue weighted by Gasteiger charge is -2.37. The summed E-state index contributed by atoms with van der Waals surface area (Å²) in [4.78, 5) is 17.1. The molecule has 2 fully saturated rings. The highest BCUT2D eigenvalue weighted by molar-refractivity contribution is 5.79. The maximum absolute atomic E-state index is 12.4. The zero-order valence-electron chi connectivity index (χ0n) is 15.1. The second-order valence-electron chi connectivity index (χ2n) is 7.58. The fourth-order valence-corrected chi connectivity index (χ4v) is 4.10. The van der Waals surface area contributed by atoms with Crippen molar-refractivity contribution in [2.45, 2.75) is 57.0 Å². The van der Waals surface area contributed by atoms with Crippen LogP contribution in [-0.2, 0) is 11.2 Å². The number of anilines is 1. The van der Waals surface area contributed by atoms with Gasteiger partial charge in [-0.3, -0.25) is 9.69 Å². The number of rotatable bonds is 5. The van der Waals surface area contributed by atoms with Gasteiger partial charge in [0.05, 0.1) is 6.42 Å². The van der Waals surface area contributed by atoms with Crippen molar-refractivity contribution in [1.29, 1.82) is 0 Å². The Bertz CT molecular complexity index is 534. The van der Waals surface area contributed by atoms with Gasteiger partial charge in [-0.1, -0.05) is 25.0 Å². The van der Waals surface area contributed by atoms with Crippen LogP contribution in [0, 0.1) is 0 Å². The molecule has 1 amide bonds. The number of hydrogen-bond acceptors (Lipinski definition) is 3. The molecule has 4 heteroatoms.